The Labute approximate surface area is 190 Å². The number of carbonyl (C=O) groups is 1. The molecule has 168 valence electrons. The molecule has 33 heavy (non-hydrogen) atoms. The van der Waals surface area contributed by atoms with Gasteiger partial charge in [-0.1, -0.05) is 5.16 Å². The number of carbonyl (C=O) groups excluding carboxylic acids is 1. The van der Waals surface area contributed by atoms with Crippen molar-refractivity contribution < 1.29 is 14.1 Å². The van der Waals surface area contributed by atoms with Crippen LogP contribution in [0.4, 0.5) is 10.6 Å². The molecule has 0 unspecified atom stereocenters. The molecular weight excluding hydrogens is 420 g/mol. The molecule has 1 atom stereocenters. The van der Waals surface area contributed by atoms with Gasteiger partial charge in [-0.25, -0.2) is 14.8 Å². The van der Waals surface area contributed by atoms with Gasteiger partial charge in [0.15, 0.2) is 5.82 Å². The van der Waals surface area contributed by atoms with Crippen molar-refractivity contribution in [1.29, 1.82) is 0 Å². The van der Waals surface area contributed by atoms with E-state index in [1.54, 1.807) is 23.2 Å². The quantitative estimate of drug-likeness (QED) is 0.477. The summed E-state index contributed by atoms with van der Waals surface area (Å²) in [5.41, 5.74) is 3.73. The molecule has 3 aromatic heterocycles. The fourth-order valence-corrected chi connectivity index (χ4v) is 4.34. The topological polar surface area (TPSA) is 107 Å². The van der Waals surface area contributed by atoms with Gasteiger partial charge < -0.3 is 14.6 Å². The van der Waals surface area contributed by atoms with E-state index >= 15 is 0 Å². The van der Waals surface area contributed by atoms with Crippen LogP contribution in [0.15, 0.2) is 41.3 Å². The van der Waals surface area contributed by atoms with Crippen molar-refractivity contribution in [3.8, 4) is 11.6 Å². The monoisotopic (exact) mass is 444 g/mol. The molecule has 2 N–H and O–H groups in total. The number of aryl methyl sites for hydroxylation is 1. The van der Waals surface area contributed by atoms with Gasteiger partial charge in [0.2, 0.25) is 5.88 Å². The molecule has 9 heteroatoms. The number of ether oxygens (including phenoxy) is 1. The number of aromatic nitrogens is 4. The predicted octanol–water partition coefficient (Wildman–Crippen LogP) is 4.51. The Morgan fingerprint density at radius 1 is 1.27 bits per heavy atom. The largest absolute Gasteiger partial charge is 0.438 e. The summed E-state index contributed by atoms with van der Waals surface area (Å²) in [5.74, 6) is 3.00. The van der Waals surface area contributed by atoms with Crippen molar-refractivity contribution in [3.05, 3.63) is 59.4 Å². The smallest absolute Gasteiger partial charge is 0.331 e. The van der Waals surface area contributed by atoms with Crippen LogP contribution in [0.2, 0.25) is 0 Å². The molecule has 1 fully saturated rings. The van der Waals surface area contributed by atoms with E-state index in [1.807, 2.05) is 25.1 Å². The minimum Gasteiger partial charge on any atom is -0.438 e. The van der Waals surface area contributed by atoms with E-state index < -0.39 is 0 Å². The minimum absolute atomic E-state index is 0.292. The molecule has 0 spiro atoms. The van der Waals surface area contributed by atoms with Crippen LogP contribution in [0, 0.1) is 6.92 Å². The minimum atomic E-state index is -0.292. The second kappa shape index (κ2) is 7.70. The van der Waals surface area contributed by atoms with Crippen molar-refractivity contribution in [1.82, 2.24) is 25.0 Å². The maximum absolute atomic E-state index is 12.9. The molecular formula is C24H24N6O3. The zero-order valence-electron chi connectivity index (χ0n) is 18.5. The Morgan fingerprint density at radius 2 is 2.15 bits per heavy atom. The lowest BCUT2D eigenvalue weighted by Crippen LogP contribution is -2.33. The number of benzene rings is 1. The Balaban J connectivity index is 1.27. The van der Waals surface area contributed by atoms with E-state index in [4.69, 9.17) is 9.26 Å². The molecule has 9 nitrogen and oxygen atoms in total. The van der Waals surface area contributed by atoms with Gasteiger partial charge >= 0.3 is 6.03 Å². The number of fused-ring (bicyclic) bond motifs is 2. The van der Waals surface area contributed by atoms with E-state index in [-0.39, 0.29) is 6.03 Å². The third-order valence-electron chi connectivity index (χ3n) is 6.38. The zero-order valence-corrected chi connectivity index (χ0v) is 18.5. The fraction of sp³-hybridized carbons (Fsp3) is 0.333. The predicted molar refractivity (Wildman–Crippen MR) is 122 cm³/mol. The van der Waals surface area contributed by atoms with E-state index in [0.29, 0.717) is 36.0 Å². The second-order valence-corrected chi connectivity index (χ2v) is 8.82. The molecule has 0 saturated heterocycles. The molecule has 0 radical (unpaired) electrons. The fourth-order valence-electron chi connectivity index (χ4n) is 4.34. The summed E-state index contributed by atoms with van der Waals surface area (Å²) in [6.07, 6.45) is 6.33. The first-order chi connectivity index (χ1) is 16.1. The lowest BCUT2D eigenvalue weighted by Gasteiger charge is -2.23. The number of nitrogens with one attached hydrogen (secondary N) is 2. The van der Waals surface area contributed by atoms with E-state index in [0.717, 1.165) is 52.7 Å². The molecule has 1 saturated carbocycles. The Morgan fingerprint density at radius 3 is 3.00 bits per heavy atom. The van der Waals surface area contributed by atoms with E-state index in [1.165, 1.54) is 0 Å². The van der Waals surface area contributed by atoms with Crippen LogP contribution in [0.1, 0.15) is 48.3 Å². The molecule has 1 aromatic carbocycles. The van der Waals surface area contributed by atoms with Gasteiger partial charge in [0.05, 0.1) is 11.2 Å². The summed E-state index contributed by atoms with van der Waals surface area (Å²) in [6, 6.07) is 7.52. The van der Waals surface area contributed by atoms with Crippen LogP contribution in [0.5, 0.6) is 11.6 Å². The zero-order chi connectivity index (χ0) is 22.5. The Hall–Kier alpha value is -3.72. The standard InChI is InChI=1S/C24H24N6O3/c1-13-9-17-18(11-25-13)26-12-27-23(17)32-20-6-5-19-16(14(20)2)7-8-30(19)24(31)28-22-10-21(33-29-22)15-3-4-15/h5-8,10,12-13,15,25H,3-4,9,11H2,1-2H3,(H,28,29,31)/t13-/m0/s1. The van der Waals surface area contributed by atoms with Crippen LogP contribution < -0.4 is 15.4 Å². The summed E-state index contributed by atoms with van der Waals surface area (Å²) in [4.78, 5) is 21.7. The normalized spacial score (nSPS) is 17.7. The van der Waals surface area contributed by atoms with Gasteiger partial charge in [0.25, 0.3) is 0 Å². The highest BCUT2D eigenvalue weighted by Gasteiger charge is 2.28. The lowest BCUT2D eigenvalue weighted by atomic mass is 10.0. The summed E-state index contributed by atoms with van der Waals surface area (Å²) >= 11 is 0. The third kappa shape index (κ3) is 3.64. The first-order valence-electron chi connectivity index (χ1n) is 11.2. The summed E-state index contributed by atoms with van der Waals surface area (Å²) in [5, 5.41) is 11.1. The third-order valence-corrected chi connectivity index (χ3v) is 6.38. The molecule has 6 rings (SSSR count). The molecule has 2 aliphatic rings. The van der Waals surface area contributed by atoms with Crippen LogP contribution in [-0.4, -0.2) is 31.8 Å². The molecule has 1 aliphatic heterocycles. The first-order valence-corrected chi connectivity index (χ1v) is 11.2. The summed E-state index contributed by atoms with van der Waals surface area (Å²) < 4.78 is 13.1. The van der Waals surface area contributed by atoms with Crippen molar-refractivity contribution >= 4 is 22.8 Å². The average molecular weight is 444 g/mol. The van der Waals surface area contributed by atoms with Gasteiger partial charge in [-0.15, -0.1) is 0 Å². The number of amides is 1. The lowest BCUT2D eigenvalue weighted by molar-refractivity contribution is 0.254. The van der Waals surface area contributed by atoms with Crippen molar-refractivity contribution in [3.63, 3.8) is 0 Å². The first kappa shape index (κ1) is 19.9. The summed E-state index contributed by atoms with van der Waals surface area (Å²) in [7, 11) is 0. The van der Waals surface area contributed by atoms with Crippen LogP contribution in [-0.2, 0) is 13.0 Å². The number of hydrogen-bond acceptors (Lipinski definition) is 7. The SMILES string of the molecule is Cc1c(Oc2ncnc3c2C[C@H](C)NC3)ccc2c1ccn2C(=O)Nc1cc(C2CC2)on1. The highest BCUT2D eigenvalue weighted by Crippen LogP contribution is 2.40. The molecule has 1 aliphatic carbocycles. The highest BCUT2D eigenvalue weighted by molar-refractivity contribution is 5.99. The Bertz CT molecular complexity index is 1370. The van der Waals surface area contributed by atoms with Gasteiger partial charge in [-0.3, -0.25) is 9.88 Å². The summed E-state index contributed by atoms with van der Waals surface area (Å²) in [6.45, 7) is 4.83. The van der Waals surface area contributed by atoms with Gasteiger partial charge in [0, 0.05) is 47.3 Å². The van der Waals surface area contributed by atoms with Crippen LogP contribution >= 0.6 is 0 Å². The second-order valence-electron chi connectivity index (χ2n) is 8.82. The van der Waals surface area contributed by atoms with Crippen LogP contribution in [0.3, 0.4) is 0 Å². The van der Waals surface area contributed by atoms with Gasteiger partial charge in [-0.2, -0.15) is 0 Å². The molecule has 4 aromatic rings. The number of anilines is 1. The van der Waals surface area contributed by atoms with Crippen molar-refractivity contribution in [2.24, 2.45) is 0 Å². The maximum Gasteiger partial charge on any atom is 0.331 e. The van der Waals surface area contributed by atoms with E-state index in [9.17, 15) is 4.79 Å². The number of hydrogen-bond donors (Lipinski definition) is 2. The maximum atomic E-state index is 12.9. The molecule has 4 heterocycles. The van der Waals surface area contributed by atoms with Gasteiger partial charge in [-0.05, 0) is 51.3 Å². The molecule has 1 amide bonds. The molecule has 0 bridgehead atoms. The van der Waals surface area contributed by atoms with Crippen LogP contribution in [0.25, 0.3) is 10.9 Å². The Kier molecular flexibility index (Phi) is 4.65. The number of rotatable bonds is 4. The van der Waals surface area contributed by atoms with Gasteiger partial charge in [0.1, 0.15) is 17.8 Å². The average Bonchev–Trinajstić information content (AvgIpc) is 3.39. The van der Waals surface area contributed by atoms with Crippen molar-refractivity contribution in [2.45, 2.75) is 51.6 Å². The number of nitrogens with zero attached hydrogens (tertiary/aromatic N) is 4. The van der Waals surface area contributed by atoms with Crippen molar-refractivity contribution in [2.75, 3.05) is 5.32 Å². The highest BCUT2D eigenvalue weighted by atomic mass is 16.5. The van der Waals surface area contributed by atoms with E-state index in [2.05, 4.69) is 32.7 Å².